The van der Waals surface area contributed by atoms with Gasteiger partial charge >= 0.3 is 0 Å². The van der Waals surface area contributed by atoms with E-state index < -0.39 is 0 Å². The Morgan fingerprint density at radius 2 is 1.74 bits per heavy atom. The highest BCUT2D eigenvalue weighted by molar-refractivity contribution is 5.97. The summed E-state index contributed by atoms with van der Waals surface area (Å²) in [7, 11) is 2.01. The summed E-state index contributed by atoms with van der Waals surface area (Å²) in [6.45, 7) is 1.04. The molecule has 0 radical (unpaired) electrons. The van der Waals surface area contributed by atoms with Crippen LogP contribution in [0.15, 0.2) is 89.9 Å². The third-order valence-corrected chi connectivity index (χ3v) is 6.51. The van der Waals surface area contributed by atoms with Crippen molar-refractivity contribution in [2.45, 2.75) is 18.8 Å². The molecule has 5 rings (SSSR count). The molecule has 1 aliphatic heterocycles. The molecule has 0 N–H and O–H groups in total. The van der Waals surface area contributed by atoms with Crippen molar-refractivity contribution >= 4 is 17.1 Å². The maximum atomic E-state index is 9.90. The van der Waals surface area contributed by atoms with Gasteiger partial charge in [0.2, 0.25) is 0 Å². The Balaban J connectivity index is 1.54. The number of ether oxygens (including phenoxy) is 1. The van der Waals surface area contributed by atoms with Crippen molar-refractivity contribution in [2.24, 2.45) is 4.99 Å². The molecule has 5 nitrogen and oxygen atoms in total. The average molecular weight is 457 g/mol. The van der Waals surface area contributed by atoms with Gasteiger partial charge in [0.1, 0.15) is 6.10 Å². The van der Waals surface area contributed by atoms with Crippen molar-refractivity contribution in [1.29, 1.82) is 10.5 Å². The normalized spacial score (nSPS) is 15.6. The highest BCUT2D eigenvalue weighted by Gasteiger charge is 2.30. The van der Waals surface area contributed by atoms with E-state index in [4.69, 9.17) is 10.00 Å². The molecule has 1 aliphatic rings. The molecule has 0 saturated carbocycles. The summed E-state index contributed by atoms with van der Waals surface area (Å²) in [5.74, 6) is 0. The van der Waals surface area contributed by atoms with Gasteiger partial charge in [-0.05, 0) is 51.7 Å². The molecule has 2 atom stereocenters. The first-order valence-corrected chi connectivity index (χ1v) is 11.5. The van der Waals surface area contributed by atoms with E-state index in [9.17, 15) is 5.26 Å². The third kappa shape index (κ3) is 4.51. The first-order chi connectivity index (χ1) is 17.2. The first kappa shape index (κ1) is 22.3. The molecule has 4 aromatic carbocycles. The van der Waals surface area contributed by atoms with Gasteiger partial charge < -0.3 is 9.64 Å². The Morgan fingerprint density at radius 1 is 0.943 bits per heavy atom. The summed E-state index contributed by atoms with van der Waals surface area (Å²) in [4.78, 5) is 6.54. The monoisotopic (exact) mass is 456 g/mol. The van der Waals surface area contributed by atoms with Gasteiger partial charge in [0.05, 0.1) is 48.8 Å². The fraction of sp³-hybridized carbons (Fsp3) is 0.167. The van der Waals surface area contributed by atoms with Crippen molar-refractivity contribution in [1.82, 2.24) is 4.90 Å². The van der Waals surface area contributed by atoms with Crippen molar-refractivity contribution in [3.8, 4) is 23.3 Å². The molecule has 0 spiro atoms. The Bertz CT molecular complexity index is 1470. The van der Waals surface area contributed by atoms with Crippen LogP contribution in [-0.2, 0) is 11.3 Å². The SMILES string of the molecule is CN1C=NCC1C(OCc1ccc(C#N)cc1)c1ccc(C#N)c(-c2cccc3ccccc23)c1. The van der Waals surface area contributed by atoms with Gasteiger partial charge in [0.15, 0.2) is 0 Å². The Hall–Kier alpha value is -4.45. The molecule has 4 aromatic rings. The minimum atomic E-state index is -0.250. The predicted octanol–water partition coefficient (Wildman–Crippen LogP) is 5.85. The summed E-state index contributed by atoms with van der Waals surface area (Å²) in [6, 6.07) is 32.4. The fourth-order valence-corrected chi connectivity index (χ4v) is 4.62. The van der Waals surface area contributed by atoms with Crippen LogP contribution in [0.5, 0.6) is 0 Å². The number of hydrogen-bond donors (Lipinski definition) is 0. The standard InChI is InChI=1S/C30H24N4O/c1-34-20-33-18-29(34)30(35-19-22-11-9-21(16-31)10-12-22)24-13-14-25(17-32)28(15-24)27-8-4-6-23-5-2-3-7-26(23)27/h2-15,20,29-30H,18-19H2,1H3. The number of hydrogen-bond acceptors (Lipinski definition) is 5. The third-order valence-electron chi connectivity index (χ3n) is 6.51. The molecule has 0 bridgehead atoms. The first-order valence-electron chi connectivity index (χ1n) is 11.5. The van der Waals surface area contributed by atoms with E-state index in [0.29, 0.717) is 24.3 Å². The zero-order valence-corrected chi connectivity index (χ0v) is 19.4. The predicted molar refractivity (Wildman–Crippen MR) is 138 cm³/mol. The van der Waals surface area contributed by atoms with Gasteiger partial charge in [-0.25, -0.2) is 0 Å². The number of benzene rings is 4. The maximum Gasteiger partial charge on any atom is 0.105 e. The number of aliphatic imine (C=N–C) groups is 1. The van der Waals surface area contributed by atoms with Crippen molar-refractivity contribution in [3.05, 3.63) is 107 Å². The summed E-state index contributed by atoms with van der Waals surface area (Å²) < 4.78 is 6.51. The zero-order valence-electron chi connectivity index (χ0n) is 19.4. The van der Waals surface area contributed by atoms with Crippen LogP contribution in [0.4, 0.5) is 0 Å². The molecule has 170 valence electrons. The lowest BCUT2D eigenvalue weighted by atomic mass is 9.91. The van der Waals surface area contributed by atoms with E-state index in [1.54, 1.807) is 12.1 Å². The van der Waals surface area contributed by atoms with E-state index in [1.165, 1.54) is 0 Å². The van der Waals surface area contributed by atoms with Gasteiger partial charge in [-0.15, -0.1) is 0 Å². The van der Waals surface area contributed by atoms with Crippen LogP contribution in [-0.4, -0.2) is 30.9 Å². The van der Waals surface area contributed by atoms with E-state index in [0.717, 1.165) is 33.0 Å². The van der Waals surface area contributed by atoms with Gasteiger partial charge in [0, 0.05) is 12.6 Å². The number of fused-ring (bicyclic) bond motifs is 1. The van der Waals surface area contributed by atoms with Gasteiger partial charge in [-0.2, -0.15) is 10.5 Å². The van der Waals surface area contributed by atoms with Gasteiger partial charge in [-0.1, -0.05) is 60.7 Å². The van der Waals surface area contributed by atoms with Crippen LogP contribution in [0, 0.1) is 22.7 Å². The lowest BCUT2D eigenvalue weighted by Crippen LogP contribution is -2.35. The van der Waals surface area contributed by atoms with Crippen LogP contribution in [0.25, 0.3) is 21.9 Å². The minimum absolute atomic E-state index is 0.0432. The molecule has 5 heteroatoms. The number of nitriles is 2. The second-order valence-electron chi connectivity index (χ2n) is 8.70. The van der Waals surface area contributed by atoms with E-state index in [2.05, 4.69) is 52.4 Å². The largest absolute Gasteiger partial charge is 0.367 e. The lowest BCUT2D eigenvalue weighted by molar-refractivity contribution is 0.00232. The van der Waals surface area contributed by atoms with Crippen LogP contribution < -0.4 is 0 Å². The van der Waals surface area contributed by atoms with E-state index in [-0.39, 0.29) is 12.1 Å². The molecule has 0 saturated heterocycles. The highest BCUT2D eigenvalue weighted by Crippen LogP contribution is 2.35. The molecule has 0 aliphatic carbocycles. The van der Waals surface area contributed by atoms with E-state index >= 15 is 0 Å². The topological polar surface area (TPSA) is 72.4 Å². The second-order valence-corrected chi connectivity index (χ2v) is 8.70. The van der Waals surface area contributed by atoms with Crippen LogP contribution in [0.3, 0.4) is 0 Å². The molecular weight excluding hydrogens is 432 g/mol. The van der Waals surface area contributed by atoms with E-state index in [1.807, 2.05) is 55.9 Å². The molecule has 0 amide bonds. The second kappa shape index (κ2) is 9.81. The number of nitrogens with zero attached hydrogens (tertiary/aromatic N) is 4. The van der Waals surface area contributed by atoms with Crippen molar-refractivity contribution < 1.29 is 4.74 Å². The number of rotatable bonds is 6. The molecule has 0 fully saturated rings. The summed E-state index contributed by atoms with van der Waals surface area (Å²) >= 11 is 0. The van der Waals surface area contributed by atoms with Crippen LogP contribution >= 0.6 is 0 Å². The summed E-state index contributed by atoms with van der Waals surface area (Å²) in [5.41, 5.74) is 5.19. The summed E-state index contributed by atoms with van der Waals surface area (Å²) in [6.07, 6.45) is 1.59. The fourth-order valence-electron chi connectivity index (χ4n) is 4.62. The molecule has 0 aromatic heterocycles. The Kier molecular flexibility index (Phi) is 6.26. The zero-order chi connectivity index (χ0) is 24.2. The quantitative estimate of drug-likeness (QED) is 0.365. The minimum Gasteiger partial charge on any atom is -0.367 e. The summed E-state index contributed by atoms with van der Waals surface area (Å²) in [5, 5.41) is 21.2. The van der Waals surface area contributed by atoms with Gasteiger partial charge in [0.25, 0.3) is 0 Å². The Labute approximate surface area is 205 Å². The van der Waals surface area contributed by atoms with Crippen molar-refractivity contribution in [3.63, 3.8) is 0 Å². The smallest absolute Gasteiger partial charge is 0.105 e. The van der Waals surface area contributed by atoms with Crippen LogP contribution in [0.2, 0.25) is 0 Å². The van der Waals surface area contributed by atoms with Crippen LogP contribution in [0.1, 0.15) is 28.4 Å². The lowest BCUT2D eigenvalue weighted by Gasteiger charge is -2.30. The molecule has 2 unspecified atom stereocenters. The average Bonchev–Trinajstić information content (AvgIpc) is 3.34. The number of likely N-dealkylation sites (N-methyl/N-ethyl adjacent to an activating group) is 1. The molecule has 35 heavy (non-hydrogen) atoms. The molecule has 1 heterocycles. The Morgan fingerprint density at radius 3 is 2.49 bits per heavy atom. The van der Waals surface area contributed by atoms with Gasteiger partial charge in [-0.3, -0.25) is 4.99 Å². The maximum absolute atomic E-state index is 9.90. The molecular formula is C30H24N4O. The van der Waals surface area contributed by atoms with Crippen molar-refractivity contribution in [2.75, 3.05) is 13.6 Å². The highest BCUT2D eigenvalue weighted by atomic mass is 16.5.